The smallest absolute Gasteiger partial charge is 0.257 e. The molecule has 0 aliphatic carbocycles. The van der Waals surface area contributed by atoms with Crippen molar-refractivity contribution < 1.29 is 4.79 Å². The number of carbonyl (C=O) groups is 1. The summed E-state index contributed by atoms with van der Waals surface area (Å²) in [6, 6.07) is 7.84. The van der Waals surface area contributed by atoms with E-state index >= 15 is 0 Å². The van der Waals surface area contributed by atoms with Crippen LogP contribution in [0.3, 0.4) is 0 Å². The fourth-order valence-corrected chi connectivity index (χ4v) is 4.27. The van der Waals surface area contributed by atoms with Crippen molar-refractivity contribution in [1.29, 1.82) is 0 Å². The lowest BCUT2D eigenvalue weighted by Crippen LogP contribution is -2.43. The van der Waals surface area contributed by atoms with Crippen LogP contribution in [0.25, 0.3) is 21.8 Å². The average molecular weight is 403 g/mol. The molecule has 154 valence electrons. The highest BCUT2D eigenvalue weighted by atomic mass is 16.1. The molecule has 0 saturated carbocycles. The number of fused-ring (bicyclic) bond motifs is 2. The van der Waals surface area contributed by atoms with Gasteiger partial charge in [0, 0.05) is 74.8 Å². The lowest BCUT2D eigenvalue weighted by atomic mass is 10.1. The summed E-state index contributed by atoms with van der Waals surface area (Å²) in [7, 11) is 3.79. The Morgan fingerprint density at radius 3 is 2.57 bits per heavy atom. The Labute approximate surface area is 174 Å². The molecule has 1 fully saturated rings. The number of rotatable bonds is 3. The van der Waals surface area contributed by atoms with E-state index in [-0.39, 0.29) is 5.91 Å². The van der Waals surface area contributed by atoms with Gasteiger partial charge in [-0.05, 0) is 36.8 Å². The van der Waals surface area contributed by atoms with Crippen molar-refractivity contribution in [3.05, 3.63) is 47.8 Å². The topological polar surface area (TPSA) is 80.0 Å². The zero-order valence-corrected chi connectivity index (χ0v) is 17.4. The number of hydrogen-bond acceptors (Lipinski definition) is 5. The van der Waals surface area contributed by atoms with Gasteiger partial charge in [0.1, 0.15) is 5.52 Å². The first-order valence-electron chi connectivity index (χ1n) is 10.2. The quantitative estimate of drug-likeness (QED) is 0.549. The zero-order valence-electron chi connectivity index (χ0n) is 17.4. The van der Waals surface area contributed by atoms with Gasteiger partial charge in [-0.1, -0.05) is 0 Å². The van der Waals surface area contributed by atoms with Gasteiger partial charge in [-0.15, -0.1) is 0 Å². The summed E-state index contributed by atoms with van der Waals surface area (Å²) < 4.78 is 3.56. The maximum Gasteiger partial charge on any atom is 0.257 e. The fraction of sp³-hybridized carbons (Fsp3) is 0.318. The molecule has 1 amide bonds. The molecule has 0 unspecified atom stereocenters. The van der Waals surface area contributed by atoms with Crippen LogP contribution in [-0.4, -0.2) is 51.6 Å². The van der Waals surface area contributed by atoms with Gasteiger partial charge >= 0.3 is 0 Å². The summed E-state index contributed by atoms with van der Waals surface area (Å²) in [6.07, 6.45) is 3.95. The molecule has 8 nitrogen and oxygen atoms in total. The predicted molar refractivity (Wildman–Crippen MR) is 119 cm³/mol. The van der Waals surface area contributed by atoms with Crippen molar-refractivity contribution in [3.63, 3.8) is 0 Å². The van der Waals surface area contributed by atoms with E-state index in [0.717, 1.165) is 64.9 Å². The van der Waals surface area contributed by atoms with E-state index in [4.69, 9.17) is 0 Å². The molecule has 1 saturated heterocycles. The minimum Gasteiger partial charge on any atom is -0.368 e. The lowest BCUT2D eigenvalue weighted by Gasteiger charge is -2.30. The van der Waals surface area contributed by atoms with Gasteiger partial charge in [0.05, 0.1) is 11.1 Å². The number of hydrogen-bond donors (Lipinski definition) is 2. The van der Waals surface area contributed by atoms with Crippen molar-refractivity contribution >= 4 is 39.1 Å². The van der Waals surface area contributed by atoms with Crippen LogP contribution in [0.2, 0.25) is 0 Å². The highest BCUT2D eigenvalue weighted by molar-refractivity contribution is 6.14. The Morgan fingerprint density at radius 2 is 1.77 bits per heavy atom. The van der Waals surface area contributed by atoms with E-state index in [1.807, 2.05) is 57.7 Å². The number of nitrogens with zero attached hydrogens (tertiary/aromatic N) is 5. The summed E-state index contributed by atoms with van der Waals surface area (Å²) in [6.45, 7) is 5.81. The third-order valence-electron chi connectivity index (χ3n) is 5.64. The molecule has 1 aliphatic heterocycles. The number of benzene rings is 2. The van der Waals surface area contributed by atoms with Crippen molar-refractivity contribution in [3.8, 4) is 0 Å². The minimum atomic E-state index is -0.159. The molecule has 0 radical (unpaired) electrons. The highest BCUT2D eigenvalue weighted by Gasteiger charge is 2.20. The fourth-order valence-electron chi connectivity index (χ4n) is 4.27. The molecular formula is C22H25N7O. The van der Waals surface area contributed by atoms with E-state index in [0.29, 0.717) is 5.56 Å². The van der Waals surface area contributed by atoms with Gasteiger partial charge in [-0.3, -0.25) is 14.2 Å². The van der Waals surface area contributed by atoms with E-state index in [9.17, 15) is 4.79 Å². The number of anilines is 2. The Balaban J connectivity index is 1.51. The maximum atomic E-state index is 13.2. The van der Waals surface area contributed by atoms with Crippen LogP contribution in [0.5, 0.6) is 0 Å². The normalized spacial score (nSPS) is 14.6. The monoisotopic (exact) mass is 403 g/mol. The third-order valence-corrected chi connectivity index (χ3v) is 5.64. The van der Waals surface area contributed by atoms with E-state index in [1.165, 1.54) is 0 Å². The SMILES string of the molecule is Cc1cc(NC(=O)c2ccc(N3CCNCC3)c3cn(C)nc23)cc2cn(C)nc12. The van der Waals surface area contributed by atoms with Crippen LogP contribution in [0.1, 0.15) is 15.9 Å². The van der Waals surface area contributed by atoms with Crippen molar-refractivity contribution in [2.24, 2.45) is 14.1 Å². The van der Waals surface area contributed by atoms with Crippen molar-refractivity contribution in [2.45, 2.75) is 6.92 Å². The summed E-state index contributed by atoms with van der Waals surface area (Å²) >= 11 is 0. The second-order valence-electron chi connectivity index (χ2n) is 7.92. The summed E-state index contributed by atoms with van der Waals surface area (Å²) in [5, 5.41) is 17.5. The number of nitrogens with one attached hydrogen (secondary N) is 2. The minimum absolute atomic E-state index is 0.159. The Morgan fingerprint density at radius 1 is 1.03 bits per heavy atom. The molecule has 2 N–H and O–H groups in total. The van der Waals surface area contributed by atoms with Gasteiger partial charge in [0.25, 0.3) is 5.91 Å². The number of aromatic nitrogens is 4. The van der Waals surface area contributed by atoms with Crippen LogP contribution in [0, 0.1) is 6.92 Å². The van der Waals surface area contributed by atoms with E-state index in [1.54, 1.807) is 9.36 Å². The zero-order chi connectivity index (χ0) is 20.8. The summed E-state index contributed by atoms with van der Waals surface area (Å²) in [4.78, 5) is 15.5. The second kappa shape index (κ2) is 7.14. The van der Waals surface area contributed by atoms with Gasteiger partial charge in [-0.25, -0.2) is 0 Å². The molecule has 0 atom stereocenters. The van der Waals surface area contributed by atoms with Gasteiger partial charge < -0.3 is 15.5 Å². The molecule has 8 heteroatoms. The highest BCUT2D eigenvalue weighted by Crippen LogP contribution is 2.30. The average Bonchev–Trinajstić information content (AvgIpc) is 3.29. The molecule has 5 rings (SSSR count). The van der Waals surface area contributed by atoms with Gasteiger partial charge in [0.15, 0.2) is 0 Å². The number of piperazine rings is 1. The molecule has 0 spiro atoms. The number of carbonyl (C=O) groups excluding carboxylic acids is 1. The third kappa shape index (κ3) is 3.19. The molecule has 2 aromatic heterocycles. The van der Waals surface area contributed by atoms with Crippen LogP contribution in [0.15, 0.2) is 36.7 Å². The number of amides is 1. The first kappa shape index (κ1) is 18.6. The first-order valence-corrected chi connectivity index (χ1v) is 10.2. The second-order valence-corrected chi connectivity index (χ2v) is 7.92. The molecule has 1 aliphatic rings. The maximum absolute atomic E-state index is 13.2. The van der Waals surface area contributed by atoms with E-state index < -0.39 is 0 Å². The van der Waals surface area contributed by atoms with Crippen molar-refractivity contribution in [2.75, 3.05) is 36.4 Å². The Bertz CT molecular complexity index is 1260. The Hall–Kier alpha value is -3.39. The predicted octanol–water partition coefficient (Wildman–Crippen LogP) is 2.43. The van der Waals surface area contributed by atoms with Crippen LogP contribution in [-0.2, 0) is 14.1 Å². The van der Waals surface area contributed by atoms with Crippen LogP contribution >= 0.6 is 0 Å². The lowest BCUT2D eigenvalue weighted by molar-refractivity contribution is 0.102. The van der Waals surface area contributed by atoms with Crippen molar-refractivity contribution in [1.82, 2.24) is 24.9 Å². The molecule has 3 heterocycles. The molecular weight excluding hydrogens is 378 g/mol. The standard InChI is InChI=1S/C22H25N7O/c1-14-10-16(11-15-12-27(2)25-20(14)15)24-22(30)17-4-5-19(29-8-6-23-7-9-29)18-13-28(3)26-21(17)18/h4-5,10-13,23H,6-9H2,1-3H3,(H,24,30). The van der Waals surface area contributed by atoms with Gasteiger partial charge in [0.2, 0.25) is 0 Å². The largest absolute Gasteiger partial charge is 0.368 e. The van der Waals surface area contributed by atoms with Gasteiger partial charge in [-0.2, -0.15) is 10.2 Å². The Kier molecular flexibility index (Phi) is 4.43. The molecule has 0 bridgehead atoms. The first-order chi connectivity index (χ1) is 14.5. The van der Waals surface area contributed by atoms with Crippen LogP contribution < -0.4 is 15.5 Å². The molecule has 4 aromatic rings. The van der Waals surface area contributed by atoms with E-state index in [2.05, 4.69) is 25.7 Å². The molecule has 2 aromatic carbocycles. The summed E-state index contributed by atoms with van der Waals surface area (Å²) in [5.41, 5.74) is 5.17. The number of aryl methyl sites for hydroxylation is 3. The molecule has 30 heavy (non-hydrogen) atoms. The summed E-state index contributed by atoms with van der Waals surface area (Å²) in [5.74, 6) is -0.159. The van der Waals surface area contributed by atoms with Crippen LogP contribution in [0.4, 0.5) is 11.4 Å².